The van der Waals surface area contributed by atoms with Crippen LogP contribution >= 0.6 is 0 Å². The molecule has 1 rings (SSSR count). The first-order valence-corrected chi connectivity index (χ1v) is 4.53. The lowest BCUT2D eigenvalue weighted by Gasteiger charge is -2.11. The Bertz CT molecular complexity index is 271. The Balaban J connectivity index is 2.18. The molecule has 0 fully saturated rings. The highest BCUT2D eigenvalue weighted by Crippen LogP contribution is 1.83. The molecule has 0 bridgehead atoms. The van der Waals surface area contributed by atoms with E-state index in [4.69, 9.17) is 0 Å². The van der Waals surface area contributed by atoms with Crippen molar-refractivity contribution in [1.29, 1.82) is 0 Å². The highest BCUT2D eigenvalue weighted by molar-refractivity contribution is 5.80. The van der Waals surface area contributed by atoms with Crippen LogP contribution in [0.25, 0.3) is 0 Å². The van der Waals surface area contributed by atoms with E-state index in [9.17, 15) is 4.79 Å². The molecule has 78 valence electrons. The quantitative estimate of drug-likeness (QED) is 0.635. The molecular formula is C8H15N5O. The van der Waals surface area contributed by atoms with E-state index in [2.05, 4.69) is 20.9 Å². The number of nitrogens with zero attached hydrogens (tertiary/aromatic N) is 3. The minimum atomic E-state index is -0.177. The molecule has 14 heavy (non-hydrogen) atoms. The summed E-state index contributed by atoms with van der Waals surface area (Å²) in [4.78, 5) is 11.1. The Morgan fingerprint density at radius 1 is 1.64 bits per heavy atom. The Hall–Kier alpha value is -1.43. The van der Waals surface area contributed by atoms with Crippen molar-refractivity contribution in [2.45, 2.75) is 19.5 Å². The summed E-state index contributed by atoms with van der Waals surface area (Å²) in [6.45, 7) is 3.22. The van der Waals surface area contributed by atoms with Gasteiger partial charge in [0.1, 0.15) is 0 Å². The molecule has 0 radical (unpaired) electrons. The van der Waals surface area contributed by atoms with Crippen LogP contribution < -0.4 is 10.6 Å². The number of rotatable bonds is 5. The van der Waals surface area contributed by atoms with Gasteiger partial charge in [-0.15, -0.1) is 5.10 Å². The molecule has 0 aromatic carbocycles. The van der Waals surface area contributed by atoms with E-state index in [1.165, 1.54) is 0 Å². The normalized spacial score (nSPS) is 12.4. The Morgan fingerprint density at radius 3 is 3.00 bits per heavy atom. The number of aromatic nitrogens is 3. The van der Waals surface area contributed by atoms with Crippen LogP contribution in [0.4, 0.5) is 0 Å². The fourth-order valence-corrected chi connectivity index (χ4v) is 1.06. The smallest absolute Gasteiger partial charge is 0.236 e. The van der Waals surface area contributed by atoms with E-state index in [1.54, 1.807) is 24.1 Å². The third-order valence-electron chi connectivity index (χ3n) is 1.90. The molecule has 0 saturated carbocycles. The van der Waals surface area contributed by atoms with Crippen molar-refractivity contribution in [3.05, 3.63) is 12.4 Å². The van der Waals surface area contributed by atoms with Crippen LogP contribution in [0, 0.1) is 0 Å². The summed E-state index contributed by atoms with van der Waals surface area (Å²) >= 11 is 0. The first-order valence-electron chi connectivity index (χ1n) is 4.53. The SMILES string of the molecule is CNC(=O)C(C)NCCn1ccnn1. The van der Waals surface area contributed by atoms with Gasteiger partial charge in [-0.3, -0.25) is 9.48 Å². The van der Waals surface area contributed by atoms with Gasteiger partial charge in [-0.1, -0.05) is 5.21 Å². The number of carbonyl (C=O) groups is 1. The molecule has 0 spiro atoms. The van der Waals surface area contributed by atoms with Crippen LogP contribution in [-0.2, 0) is 11.3 Å². The summed E-state index contributed by atoms with van der Waals surface area (Å²) in [7, 11) is 1.62. The summed E-state index contributed by atoms with van der Waals surface area (Å²) in [5.74, 6) is -0.0106. The monoisotopic (exact) mass is 197 g/mol. The van der Waals surface area contributed by atoms with Crippen molar-refractivity contribution >= 4 is 5.91 Å². The summed E-state index contributed by atoms with van der Waals surface area (Å²) in [5.41, 5.74) is 0. The van der Waals surface area contributed by atoms with E-state index in [0.29, 0.717) is 13.1 Å². The number of likely N-dealkylation sites (N-methyl/N-ethyl adjacent to an activating group) is 1. The van der Waals surface area contributed by atoms with E-state index in [1.807, 2.05) is 6.92 Å². The second-order valence-corrected chi connectivity index (χ2v) is 2.96. The summed E-state index contributed by atoms with van der Waals surface area (Å²) < 4.78 is 1.71. The van der Waals surface area contributed by atoms with E-state index in [-0.39, 0.29) is 11.9 Å². The maximum atomic E-state index is 11.1. The van der Waals surface area contributed by atoms with Gasteiger partial charge in [-0.2, -0.15) is 0 Å². The molecule has 0 aliphatic carbocycles. The molecule has 2 N–H and O–H groups in total. The van der Waals surface area contributed by atoms with Crippen molar-refractivity contribution in [1.82, 2.24) is 25.6 Å². The number of nitrogens with one attached hydrogen (secondary N) is 2. The number of hydrogen-bond acceptors (Lipinski definition) is 4. The highest BCUT2D eigenvalue weighted by atomic mass is 16.2. The third kappa shape index (κ3) is 3.14. The molecule has 1 unspecified atom stereocenters. The van der Waals surface area contributed by atoms with Crippen LogP contribution in [-0.4, -0.2) is 40.5 Å². The average molecular weight is 197 g/mol. The van der Waals surface area contributed by atoms with Crippen LogP contribution in [0.2, 0.25) is 0 Å². The van der Waals surface area contributed by atoms with Gasteiger partial charge in [0.2, 0.25) is 5.91 Å². The van der Waals surface area contributed by atoms with Gasteiger partial charge in [-0.25, -0.2) is 0 Å². The Morgan fingerprint density at radius 2 is 2.43 bits per heavy atom. The van der Waals surface area contributed by atoms with Crippen molar-refractivity contribution < 1.29 is 4.79 Å². The van der Waals surface area contributed by atoms with Crippen LogP contribution in [0.1, 0.15) is 6.92 Å². The molecule has 0 aliphatic heterocycles. The van der Waals surface area contributed by atoms with E-state index >= 15 is 0 Å². The van der Waals surface area contributed by atoms with E-state index < -0.39 is 0 Å². The molecule has 1 aromatic rings. The van der Waals surface area contributed by atoms with Gasteiger partial charge < -0.3 is 10.6 Å². The molecule has 0 saturated heterocycles. The molecule has 1 amide bonds. The molecule has 6 nitrogen and oxygen atoms in total. The van der Waals surface area contributed by atoms with Crippen LogP contribution in [0.15, 0.2) is 12.4 Å². The third-order valence-corrected chi connectivity index (χ3v) is 1.90. The summed E-state index contributed by atoms with van der Waals surface area (Å²) in [6.07, 6.45) is 3.41. The van der Waals surface area contributed by atoms with Gasteiger partial charge in [0, 0.05) is 19.8 Å². The van der Waals surface area contributed by atoms with Crippen molar-refractivity contribution in [3.8, 4) is 0 Å². The molecule has 0 aliphatic rings. The summed E-state index contributed by atoms with van der Waals surface area (Å²) in [5, 5.41) is 13.1. The first kappa shape index (κ1) is 10.6. The lowest BCUT2D eigenvalue weighted by atomic mass is 10.3. The van der Waals surface area contributed by atoms with Crippen LogP contribution in [0.5, 0.6) is 0 Å². The topological polar surface area (TPSA) is 71.8 Å². The second-order valence-electron chi connectivity index (χ2n) is 2.96. The predicted molar refractivity (Wildman–Crippen MR) is 51.6 cm³/mol. The highest BCUT2D eigenvalue weighted by Gasteiger charge is 2.08. The minimum Gasteiger partial charge on any atom is -0.358 e. The molecule has 6 heteroatoms. The number of hydrogen-bond donors (Lipinski definition) is 2. The second kappa shape index (κ2) is 5.33. The lowest BCUT2D eigenvalue weighted by molar-refractivity contribution is -0.122. The molecule has 1 atom stereocenters. The van der Waals surface area contributed by atoms with Gasteiger partial charge in [0.05, 0.1) is 18.8 Å². The number of carbonyl (C=O) groups excluding carboxylic acids is 1. The zero-order valence-electron chi connectivity index (χ0n) is 8.40. The van der Waals surface area contributed by atoms with E-state index in [0.717, 1.165) is 0 Å². The maximum Gasteiger partial charge on any atom is 0.236 e. The fourth-order valence-electron chi connectivity index (χ4n) is 1.06. The van der Waals surface area contributed by atoms with Gasteiger partial charge in [0.15, 0.2) is 0 Å². The Kier molecular flexibility index (Phi) is 4.06. The predicted octanol–water partition coefficient (Wildman–Crippen LogP) is -0.998. The van der Waals surface area contributed by atoms with Crippen LogP contribution in [0.3, 0.4) is 0 Å². The molecule has 1 heterocycles. The minimum absolute atomic E-state index is 0.0106. The first-order chi connectivity index (χ1) is 6.74. The molecular weight excluding hydrogens is 182 g/mol. The van der Waals surface area contributed by atoms with Gasteiger partial charge in [-0.05, 0) is 6.92 Å². The summed E-state index contributed by atoms with van der Waals surface area (Å²) in [6, 6.07) is -0.177. The zero-order valence-corrected chi connectivity index (χ0v) is 8.40. The van der Waals surface area contributed by atoms with Crippen molar-refractivity contribution in [3.63, 3.8) is 0 Å². The standard InChI is InChI=1S/C8H15N5O/c1-7(8(14)9-2)10-3-5-13-6-4-11-12-13/h4,6-7,10H,3,5H2,1-2H3,(H,9,14). The van der Waals surface area contributed by atoms with Gasteiger partial charge >= 0.3 is 0 Å². The number of amides is 1. The van der Waals surface area contributed by atoms with Crippen molar-refractivity contribution in [2.75, 3.05) is 13.6 Å². The Labute approximate surface area is 82.7 Å². The van der Waals surface area contributed by atoms with Crippen molar-refractivity contribution in [2.24, 2.45) is 0 Å². The maximum absolute atomic E-state index is 11.1. The average Bonchev–Trinajstić information content (AvgIpc) is 2.69. The lowest BCUT2D eigenvalue weighted by Crippen LogP contribution is -2.41. The fraction of sp³-hybridized carbons (Fsp3) is 0.625. The molecule has 1 aromatic heterocycles. The largest absolute Gasteiger partial charge is 0.358 e. The zero-order chi connectivity index (χ0) is 10.4. The van der Waals surface area contributed by atoms with Gasteiger partial charge in [0.25, 0.3) is 0 Å².